The Kier molecular flexibility index (Phi) is 9.77. The molecule has 7 rings (SSSR count). The molecule has 0 saturated carbocycles. The molecule has 2 amide bonds. The highest BCUT2D eigenvalue weighted by atomic mass is 16.3. The number of aliphatic imine (C=N–C) groups is 1. The van der Waals surface area contributed by atoms with Gasteiger partial charge in [0.2, 0.25) is 5.69 Å². The fraction of sp³-hybridized carbons (Fsp3) is 0.304. The van der Waals surface area contributed by atoms with Gasteiger partial charge in [-0.2, -0.15) is 4.58 Å². The lowest BCUT2D eigenvalue weighted by Crippen LogP contribution is -2.32. The number of carbonyl (C=O) groups is 2. The molecule has 3 aliphatic rings. The molecular formula is C46H48N4O3. The van der Waals surface area contributed by atoms with Crippen LogP contribution in [0.25, 0.3) is 21.5 Å². The lowest BCUT2D eigenvalue weighted by Gasteiger charge is -2.27. The fourth-order valence-electron chi connectivity index (χ4n) is 8.56. The van der Waals surface area contributed by atoms with Crippen molar-refractivity contribution in [3.8, 4) is 0 Å². The van der Waals surface area contributed by atoms with Gasteiger partial charge in [0.05, 0.1) is 12.0 Å². The molecule has 7 heteroatoms. The first-order valence-electron chi connectivity index (χ1n) is 18.7. The van der Waals surface area contributed by atoms with Gasteiger partial charge in [0.25, 0.3) is 11.8 Å². The number of anilines is 1. The molecule has 7 nitrogen and oxygen atoms in total. The maximum Gasteiger partial charge on any atom is 0.253 e. The molecule has 0 N–H and O–H groups in total. The largest absolute Gasteiger partial charge is 0.862 e. The average Bonchev–Trinajstić information content (AvgIpc) is 3.66. The molecule has 0 saturated heterocycles. The first kappa shape index (κ1) is 35.8. The smallest absolute Gasteiger partial charge is 0.253 e. The number of hydrogen-bond donors (Lipinski definition) is 0. The fourth-order valence-corrected chi connectivity index (χ4v) is 8.56. The van der Waals surface area contributed by atoms with Crippen LogP contribution < -0.4 is 10.0 Å². The molecule has 4 aromatic carbocycles. The Morgan fingerprint density at radius 2 is 1.40 bits per heavy atom. The molecule has 0 bridgehead atoms. The summed E-state index contributed by atoms with van der Waals surface area (Å²) in [4.78, 5) is 31.1. The van der Waals surface area contributed by atoms with Crippen molar-refractivity contribution in [3.05, 3.63) is 132 Å². The van der Waals surface area contributed by atoms with E-state index in [-0.39, 0.29) is 41.6 Å². The van der Waals surface area contributed by atoms with Crippen LogP contribution >= 0.6 is 0 Å². The number of imide groups is 1. The van der Waals surface area contributed by atoms with E-state index in [1.54, 1.807) is 0 Å². The van der Waals surface area contributed by atoms with Gasteiger partial charge in [-0.3, -0.25) is 14.5 Å². The molecule has 0 aromatic heterocycles. The minimum atomic E-state index is -0.349. The first-order chi connectivity index (χ1) is 25.5. The molecule has 0 unspecified atom stereocenters. The van der Waals surface area contributed by atoms with Crippen LogP contribution in [0, 0.1) is 0 Å². The molecule has 270 valence electrons. The quantitative estimate of drug-likeness (QED) is 0.0374. The molecule has 0 aliphatic carbocycles. The summed E-state index contributed by atoms with van der Waals surface area (Å²) < 4.78 is 2.33. The van der Waals surface area contributed by atoms with E-state index in [0.29, 0.717) is 6.42 Å². The molecule has 3 aliphatic heterocycles. The number of hydrogen-bond acceptors (Lipinski definition) is 5. The molecule has 0 atom stereocenters. The van der Waals surface area contributed by atoms with Gasteiger partial charge in [-0.25, -0.2) is 0 Å². The van der Waals surface area contributed by atoms with Crippen LogP contribution in [0.4, 0.5) is 11.4 Å². The topological polar surface area (TPSA) is 79.1 Å². The highest BCUT2D eigenvalue weighted by Crippen LogP contribution is 2.51. The van der Waals surface area contributed by atoms with Crippen LogP contribution in [0.3, 0.4) is 0 Å². The van der Waals surface area contributed by atoms with E-state index in [1.165, 1.54) is 67.6 Å². The van der Waals surface area contributed by atoms with Gasteiger partial charge in [0, 0.05) is 59.7 Å². The summed E-state index contributed by atoms with van der Waals surface area (Å²) in [5.74, 6) is -0.881. The van der Waals surface area contributed by atoms with Gasteiger partial charge < -0.3 is 15.0 Å². The van der Waals surface area contributed by atoms with Gasteiger partial charge in [0.15, 0.2) is 5.71 Å². The van der Waals surface area contributed by atoms with E-state index < -0.39 is 0 Å². The average molecular weight is 705 g/mol. The summed E-state index contributed by atoms with van der Waals surface area (Å²) in [7, 11) is 2.17. The van der Waals surface area contributed by atoms with Gasteiger partial charge >= 0.3 is 0 Å². The molecule has 0 fully saturated rings. The predicted octanol–water partition coefficient (Wildman–Crippen LogP) is 8.04. The minimum Gasteiger partial charge on any atom is -0.862 e. The molecule has 4 aromatic rings. The Labute approximate surface area is 312 Å². The van der Waals surface area contributed by atoms with E-state index in [4.69, 9.17) is 0 Å². The Hall–Kier alpha value is -5.56. The maximum absolute atomic E-state index is 12.4. The van der Waals surface area contributed by atoms with Crippen molar-refractivity contribution in [1.29, 1.82) is 0 Å². The van der Waals surface area contributed by atoms with Crippen LogP contribution in [-0.4, -0.2) is 59.6 Å². The van der Waals surface area contributed by atoms with E-state index >= 15 is 0 Å². The summed E-state index contributed by atoms with van der Waals surface area (Å²) in [5, 5.41) is 17.5. The van der Waals surface area contributed by atoms with E-state index in [2.05, 4.69) is 152 Å². The summed E-state index contributed by atoms with van der Waals surface area (Å²) in [6.07, 6.45) is 16.4. The zero-order valence-electron chi connectivity index (χ0n) is 31.4. The number of nitrogens with zero attached hydrogens (tertiary/aromatic N) is 4. The maximum atomic E-state index is 12.4. The normalized spacial score (nSPS) is 18.7. The number of fused-ring (bicyclic) bond motifs is 6. The molecule has 0 radical (unpaired) electrons. The summed E-state index contributed by atoms with van der Waals surface area (Å²) in [5.41, 5.74) is 7.40. The second kappa shape index (κ2) is 14.5. The van der Waals surface area contributed by atoms with Crippen molar-refractivity contribution in [2.75, 3.05) is 31.6 Å². The van der Waals surface area contributed by atoms with E-state index in [1.807, 2.05) is 0 Å². The van der Waals surface area contributed by atoms with Crippen LogP contribution in [0.1, 0.15) is 64.5 Å². The number of benzene rings is 4. The number of unbranched alkanes of at least 4 members (excludes halogenated alkanes) is 2. The van der Waals surface area contributed by atoms with Crippen LogP contribution in [-0.2, 0) is 20.4 Å². The number of amides is 2. The van der Waals surface area contributed by atoms with Crippen LogP contribution in [0.5, 0.6) is 0 Å². The van der Waals surface area contributed by atoms with Crippen LogP contribution in [0.15, 0.2) is 126 Å². The lowest BCUT2D eigenvalue weighted by atomic mass is 9.79. The molecule has 3 heterocycles. The Bertz CT molecular complexity index is 2280. The first-order valence-corrected chi connectivity index (χ1v) is 18.7. The standard InChI is InChI=1S/C46H48N4O3/c1-45(2)38(48(5)36-25-23-32-16-11-13-18-34(32)43(36)45)20-8-6-9-21-39-46(3,4)44-35-19-14-12-17-33(35)24-26-37(44)49(39)30-15-7-10-22-40(51)47-29-31-50-41(52)27-28-42(50)53/h6,8-9,11-14,16-21,23-28H,7,10,15,22,29-31H2,1-5H3. The second-order valence-corrected chi connectivity index (χ2v) is 15.3. The third-order valence-corrected chi connectivity index (χ3v) is 11.2. The predicted molar refractivity (Wildman–Crippen MR) is 215 cm³/mol. The van der Waals surface area contributed by atoms with Gasteiger partial charge in [-0.1, -0.05) is 93.1 Å². The van der Waals surface area contributed by atoms with Crippen molar-refractivity contribution in [2.24, 2.45) is 4.99 Å². The van der Waals surface area contributed by atoms with Crippen molar-refractivity contribution < 1.29 is 19.3 Å². The Morgan fingerprint density at radius 3 is 2.11 bits per heavy atom. The molecule has 0 spiro atoms. The zero-order valence-corrected chi connectivity index (χ0v) is 31.4. The third kappa shape index (κ3) is 6.65. The number of carbonyl (C=O) groups excluding carboxylic acids is 2. The minimum absolute atomic E-state index is 0.133. The zero-order chi connectivity index (χ0) is 37.3. The third-order valence-electron chi connectivity index (χ3n) is 11.2. The van der Waals surface area contributed by atoms with E-state index in [9.17, 15) is 14.7 Å². The highest BCUT2D eigenvalue weighted by Gasteiger charge is 2.44. The molecular weight excluding hydrogens is 657 g/mol. The van der Waals surface area contributed by atoms with Gasteiger partial charge in [-0.15, -0.1) is 0 Å². The highest BCUT2D eigenvalue weighted by molar-refractivity contribution is 6.13. The van der Waals surface area contributed by atoms with Gasteiger partial charge in [-0.05, 0) is 84.3 Å². The van der Waals surface area contributed by atoms with Crippen molar-refractivity contribution >= 4 is 56.3 Å². The summed E-state index contributed by atoms with van der Waals surface area (Å²) in [6.45, 7) is 10.4. The summed E-state index contributed by atoms with van der Waals surface area (Å²) in [6, 6.07) is 26.2. The number of rotatable bonds is 12. The monoisotopic (exact) mass is 704 g/mol. The van der Waals surface area contributed by atoms with Crippen molar-refractivity contribution in [1.82, 2.24) is 4.90 Å². The number of allylic oxidation sites excluding steroid dienone is 6. The van der Waals surface area contributed by atoms with Crippen molar-refractivity contribution in [3.63, 3.8) is 0 Å². The Balaban J connectivity index is 1.05. The van der Waals surface area contributed by atoms with Crippen molar-refractivity contribution in [2.45, 2.75) is 64.2 Å². The van der Waals surface area contributed by atoms with Crippen LogP contribution in [0.2, 0.25) is 0 Å². The van der Waals surface area contributed by atoms with Gasteiger partial charge in [0.1, 0.15) is 7.05 Å². The summed E-state index contributed by atoms with van der Waals surface area (Å²) >= 11 is 0. The SMILES string of the molecule is C[N+]1=C(C=CC=CC=C2N(CCCCCC([O-])=NCCN3C(=O)C=CC3=O)c3ccc4ccccc4c3C2(C)C)C(C)(C)c2c1ccc1ccccc21. The van der Waals surface area contributed by atoms with E-state index in [0.717, 1.165) is 30.7 Å². The molecule has 53 heavy (non-hydrogen) atoms. The lowest BCUT2D eigenvalue weighted by molar-refractivity contribution is -0.401. The Morgan fingerprint density at radius 1 is 0.736 bits per heavy atom. The second-order valence-electron chi connectivity index (χ2n) is 15.3.